The second-order valence-corrected chi connectivity index (χ2v) is 6.83. The van der Waals surface area contributed by atoms with Crippen LogP contribution >= 0.6 is 0 Å². The van der Waals surface area contributed by atoms with Crippen molar-refractivity contribution >= 4 is 17.3 Å². The Balaban J connectivity index is 1.71. The van der Waals surface area contributed by atoms with Crippen LogP contribution in [0.25, 0.3) is 5.76 Å². The van der Waals surface area contributed by atoms with Gasteiger partial charge in [0.1, 0.15) is 5.76 Å². The molecule has 5 rings (SSSR count). The van der Waals surface area contributed by atoms with Gasteiger partial charge in [-0.05, 0) is 11.6 Å². The number of rotatable bonds is 2. The molecule has 0 saturated heterocycles. The summed E-state index contributed by atoms with van der Waals surface area (Å²) in [5, 5.41) is 0. The highest BCUT2D eigenvalue weighted by atomic mass is 16.5. The number of hydrogen-bond acceptors (Lipinski definition) is 3. The average molecular weight is 352 g/mol. The molecule has 1 aliphatic heterocycles. The van der Waals surface area contributed by atoms with Crippen LogP contribution in [0.4, 0.5) is 0 Å². The molecule has 130 valence electrons. The van der Waals surface area contributed by atoms with Crippen molar-refractivity contribution in [2.75, 3.05) is 0 Å². The molecule has 1 aliphatic carbocycles. The van der Waals surface area contributed by atoms with Gasteiger partial charge in [-0.15, -0.1) is 0 Å². The van der Waals surface area contributed by atoms with Gasteiger partial charge in [-0.1, -0.05) is 84.9 Å². The third-order valence-electron chi connectivity index (χ3n) is 5.33. The first-order valence-electron chi connectivity index (χ1n) is 8.91. The van der Waals surface area contributed by atoms with Gasteiger partial charge < -0.3 is 4.74 Å². The van der Waals surface area contributed by atoms with Gasteiger partial charge in [0, 0.05) is 16.7 Å². The van der Waals surface area contributed by atoms with Crippen LogP contribution in [-0.4, -0.2) is 17.2 Å². The smallest absolute Gasteiger partial charge is 0.243 e. The summed E-state index contributed by atoms with van der Waals surface area (Å²) >= 11 is 0. The molecule has 1 unspecified atom stereocenters. The fourth-order valence-corrected chi connectivity index (χ4v) is 4.05. The topological polar surface area (TPSA) is 43.4 Å². The van der Waals surface area contributed by atoms with Crippen LogP contribution in [-0.2, 0) is 4.74 Å². The number of benzene rings is 3. The molecule has 0 radical (unpaired) electrons. The van der Waals surface area contributed by atoms with E-state index in [-0.39, 0.29) is 11.6 Å². The lowest BCUT2D eigenvalue weighted by Crippen LogP contribution is -2.46. The van der Waals surface area contributed by atoms with E-state index >= 15 is 0 Å². The summed E-state index contributed by atoms with van der Waals surface area (Å²) in [5.74, 6) is -0.432. The van der Waals surface area contributed by atoms with Crippen molar-refractivity contribution < 1.29 is 14.3 Å². The van der Waals surface area contributed by atoms with E-state index in [0.717, 1.165) is 11.1 Å². The highest BCUT2D eigenvalue weighted by molar-refractivity contribution is 6.33. The molecular formula is C24H16O3. The molecule has 1 heterocycles. The van der Waals surface area contributed by atoms with E-state index in [1.807, 2.05) is 66.7 Å². The van der Waals surface area contributed by atoms with Gasteiger partial charge in [0.2, 0.25) is 17.2 Å². The third-order valence-corrected chi connectivity index (χ3v) is 5.33. The molecule has 27 heavy (non-hydrogen) atoms. The zero-order valence-corrected chi connectivity index (χ0v) is 14.5. The van der Waals surface area contributed by atoms with E-state index in [1.165, 1.54) is 0 Å². The first-order valence-corrected chi connectivity index (χ1v) is 8.91. The van der Waals surface area contributed by atoms with Gasteiger partial charge in [0.15, 0.2) is 0 Å². The summed E-state index contributed by atoms with van der Waals surface area (Å²) in [6.45, 7) is 0. The Morgan fingerprint density at radius 2 is 1.19 bits per heavy atom. The van der Waals surface area contributed by atoms with Crippen molar-refractivity contribution in [1.29, 1.82) is 0 Å². The Labute approximate surface area is 156 Å². The lowest BCUT2D eigenvalue weighted by Gasteiger charge is -2.28. The minimum atomic E-state index is -1.56. The normalized spacial score (nSPS) is 19.7. The molecule has 3 aromatic carbocycles. The maximum absolute atomic E-state index is 13.4. The van der Waals surface area contributed by atoms with E-state index in [1.54, 1.807) is 24.3 Å². The Morgan fingerprint density at radius 3 is 1.78 bits per heavy atom. The average Bonchev–Trinajstić information content (AvgIpc) is 3.24. The Morgan fingerprint density at radius 1 is 0.667 bits per heavy atom. The SMILES string of the molecule is O=C1c2ccccc2C(=O)C12OC(c1ccccc1)=CC2c1ccccc1. The minimum absolute atomic E-state index is 0.265. The summed E-state index contributed by atoms with van der Waals surface area (Å²) in [6, 6.07) is 26.2. The molecule has 0 amide bonds. The molecule has 1 atom stereocenters. The monoisotopic (exact) mass is 352 g/mol. The number of Topliss-reactive ketones (excluding diaryl/α,β-unsaturated/α-hetero) is 2. The summed E-state index contributed by atoms with van der Waals surface area (Å²) in [5.41, 5.74) is 1.05. The van der Waals surface area contributed by atoms with Crippen LogP contribution in [0, 0.1) is 0 Å². The maximum atomic E-state index is 13.4. The zero-order valence-electron chi connectivity index (χ0n) is 14.5. The van der Waals surface area contributed by atoms with Crippen LogP contribution in [0.3, 0.4) is 0 Å². The number of carbonyl (C=O) groups is 2. The highest BCUT2D eigenvalue weighted by Gasteiger charge is 2.62. The predicted molar refractivity (Wildman–Crippen MR) is 103 cm³/mol. The Kier molecular flexibility index (Phi) is 3.37. The Hall–Kier alpha value is -3.46. The third kappa shape index (κ3) is 2.15. The van der Waals surface area contributed by atoms with E-state index < -0.39 is 11.5 Å². The number of fused-ring (bicyclic) bond motifs is 1. The lowest BCUT2D eigenvalue weighted by molar-refractivity contribution is 0.0351. The molecular weight excluding hydrogens is 336 g/mol. The molecule has 1 spiro atoms. The molecule has 0 saturated carbocycles. The first kappa shape index (κ1) is 15.8. The number of ketones is 2. The standard InChI is InChI=1S/C24H16O3/c25-22-18-13-7-8-14-19(18)23(26)24(22)20(16-9-3-1-4-10-16)15-21(27-24)17-11-5-2-6-12-17/h1-15,20H. The second kappa shape index (κ2) is 5.78. The molecule has 2 aliphatic rings. The maximum Gasteiger partial charge on any atom is 0.243 e. The second-order valence-electron chi connectivity index (χ2n) is 6.83. The molecule has 3 heteroatoms. The molecule has 0 aromatic heterocycles. The van der Waals surface area contributed by atoms with Crippen LogP contribution < -0.4 is 0 Å². The van der Waals surface area contributed by atoms with Crippen molar-refractivity contribution in [3.05, 3.63) is 113 Å². The van der Waals surface area contributed by atoms with E-state index in [4.69, 9.17) is 4.74 Å². The Bertz CT molecular complexity index is 1050. The van der Waals surface area contributed by atoms with Crippen molar-refractivity contribution in [3.8, 4) is 0 Å². The van der Waals surface area contributed by atoms with E-state index in [2.05, 4.69) is 0 Å². The van der Waals surface area contributed by atoms with Gasteiger partial charge >= 0.3 is 0 Å². The van der Waals surface area contributed by atoms with Crippen molar-refractivity contribution in [2.45, 2.75) is 11.5 Å². The lowest BCUT2D eigenvalue weighted by atomic mass is 9.79. The number of hydrogen-bond donors (Lipinski definition) is 0. The molecule has 3 aromatic rings. The van der Waals surface area contributed by atoms with Gasteiger partial charge in [0.05, 0.1) is 5.92 Å². The van der Waals surface area contributed by atoms with Crippen molar-refractivity contribution in [1.82, 2.24) is 0 Å². The van der Waals surface area contributed by atoms with Crippen LogP contribution in [0.1, 0.15) is 37.8 Å². The van der Waals surface area contributed by atoms with Gasteiger partial charge in [-0.25, -0.2) is 0 Å². The van der Waals surface area contributed by atoms with E-state index in [0.29, 0.717) is 16.9 Å². The summed E-state index contributed by atoms with van der Waals surface area (Å²) in [7, 11) is 0. The summed E-state index contributed by atoms with van der Waals surface area (Å²) in [6.07, 6.45) is 1.91. The number of carbonyl (C=O) groups excluding carboxylic acids is 2. The van der Waals surface area contributed by atoms with Gasteiger partial charge in [-0.3, -0.25) is 9.59 Å². The molecule has 0 N–H and O–H groups in total. The largest absolute Gasteiger partial charge is 0.469 e. The fourth-order valence-electron chi connectivity index (χ4n) is 4.05. The summed E-state index contributed by atoms with van der Waals surface area (Å²) < 4.78 is 6.23. The fraction of sp³-hybridized carbons (Fsp3) is 0.0833. The minimum Gasteiger partial charge on any atom is -0.469 e. The number of ether oxygens (including phenoxy) is 1. The predicted octanol–water partition coefficient (Wildman–Crippen LogP) is 4.66. The molecule has 0 bridgehead atoms. The van der Waals surface area contributed by atoms with Crippen LogP contribution in [0.2, 0.25) is 0 Å². The van der Waals surface area contributed by atoms with Gasteiger partial charge in [0.25, 0.3) is 0 Å². The summed E-state index contributed by atoms with van der Waals surface area (Å²) in [4.78, 5) is 26.8. The first-order chi connectivity index (χ1) is 13.2. The van der Waals surface area contributed by atoms with E-state index in [9.17, 15) is 9.59 Å². The van der Waals surface area contributed by atoms with Crippen molar-refractivity contribution in [2.24, 2.45) is 0 Å². The molecule has 3 nitrogen and oxygen atoms in total. The van der Waals surface area contributed by atoms with Crippen molar-refractivity contribution in [3.63, 3.8) is 0 Å². The highest BCUT2D eigenvalue weighted by Crippen LogP contribution is 2.50. The zero-order chi connectivity index (χ0) is 18.4. The quantitative estimate of drug-likeness (QED) is 0.630. The molecule has 0 fully saturated rings. The van der Waals surface area contributed by atoms with Crippen LogP contribution in [0.5, 0.6) is 0 Å². The van der Waals surface area contributed by atoms with Gasteiger partial charge in [-0.2, -0.15) is 0 Å². The van der Waals surface area contributed by atoms with Crippen LogP contribution in [0.15, 0.2) is 91.0 Å².